The molecule has 0 radical (unpaired) electrons. The fourth-order valence-electron chi connectivity index (χ4n) is 1.36. The summed E-state index contributed by atoms with van der Waals surface area (Å²) in [7, 11) is 1.75. The predicted octanol–water partition coefficient (Wildman–Crippen LogP) is 0.0952. The van der Waals surface area contributed by atoms with Crippen molar-refractivity contribution in [1.82, 2.24) is 25.4 Å². The number of nitrogens with one attached hydrogen (secondary N) is 2. The molecule has 0 atom stereocenters. The van der Waals surface area contributed by atoms with E-state index in [1.807, 2.05) is 6.07 Å². The molecule has 2 N–H and O–H groups in total. The summed E-state index contributed by atoms with van der Waals surface area (Å²) in [6, 6.07) is 2.47. The first-order valence-corrected chi connectivity index (χ1v) is 5.58. The highest BCUT2D eigenvalue weighted by Crippen LogP contribution is 2.18. The second-order valence-corrected chi connectivity index (χ2v) is 3.86. The van der Waals surface area contributed by atoms with Crippen LogP contribution in [0.1, 0.15) is 18.7 Å². The highest BCUT2D eigenvalue weighted by molar-refractivity contribution is 14.0. The van der Waals surface area contributed by atoms with Crippen molar-refractivity contribution in [3.63, 3.8) is 0 Å². The van der Waals surface area contributed by atoms with Crippen LogP contribution in [0.5, 0.6) is 0 Å². The van der Waals surface area contributed by atoms with Gasteiger partial charge in [-0.15, -0.1) is 29.1 Å². The number of hydrogen-bond donors (Lipinski definition) is 2. The minimum atomic E-state index is 0. The molecule has 1 aromatic heterocycles. The number of guanidine groups is 1. The van der Waals surface area contributed by atoms with E-state index in [9.17, 15) is 0 Å². The monoisotopic (exact) mass is 361 g/mol. The van der Waals surface area contributed by atoms with Gasteiger partial charge in [0.1, 0.15) is 12.4 Å². The van der Waals surface area contributed by atoms with Crippen molar-refractivity contribution in [3.05, 3.63) is 12.2 Å². The summed E-state index contributed by atoms with van der Waals surface area (Å²) >= 11 is 0. The van der Waals surface area contributed by atoms with E-state index in [0.29, 0.717) is 19.1 Å². The van der Waals surface area contributed by atoms with Gasteiger partial charge in [-0.25, -0.2) is 9.67 Å². The molecule has 0 spiro atoms. The molecule has 2 rings (SSSR count). The van der Waals surface area contributed by atoms with Crippen LogP contribution in [0.2, 0.25) is 0 Å². The van der Waals surface area contributed by atoms with Crippen molar-refractivity contribution >= 4 is 29.9 Å². The molecule has 0 aromatic carbocycles. The maximum absolute atomic E-state index is 8.58. The van der Waals surface area contributed by atoms with Gasteiger partial charge < -0.3 is 10.6 Å². The van der Waals surface area contributed by atoms with E-state index in [0.717, 1.165) is 5.96 Å². The molecule has 18 heavy (non-hydrogen) atoms. The maximum atomic E-state index is 8.58. The Balaban J connectivity index is 0.00000162. The Hall–Kier alpha value is -1.37. The van der Waals surface area contributed by atoms with Crippen LogP contribution in [0.15, 0.2) is 11.3 Å². The first-order valence-electron chi connectivity index (χ1n) is 5.58. The van der Waals surface area contributed by atoms with Crippen LogP contribution < -0.4 is 10.6 Å². The summed E-state index contributed by atoms with van der Waals surface area (Å²) in [6.45, 7) is 1.35. The van der Waals surface area contributed by atoms with Gasteiger partial charge in [0.2, 0.25) is 0 Å². The van der Waals surface area contributed by atoms with Crippen LogP contribution >= 0.6 is 24.0 Å². The fraction of sp³-hybridized carbons (Fsp3) is 0.600. The lowest BCUT2D eigenvalue weighted by Gasteiger charge is -2.10. The summed E-state index contributed by atoms with van der Waals surface area (Å²) < 4.78 is 1.63. The number of nitriles is 1. The first-order chi connectivity index (χ1) is 8.31. The Morgan fingerprint density at radius 1 is 1.67 bits per heavy atom. The third-order valence-electron chi connectivity index (χ3n) is 2.41. The van der Waals surface area contributed by atoms with Gasteiger partial charge in [0.05, 0.1) is 6.54 Å². The van der Waals surface area contributed by atoms with Crippen LogP contribution in [0.3, 0.4) is 0 Å². The lowest BCUT2D eigenvalue weighted by molar-refractivity contribution is 0.594. The van der Waals surface area contributed by atoms with Crippen LogP contribution in [-0.4, -0.2) is 40.4 Å². The summed E-state index contributed by atoms with van der Waals surface area (Å²) in [4.78, 5) is 7.95. The maximum Gasteiger partial charge on any atom is 0.252 e. The van der Waals surface area contributed by atoms with E-state index in [-0.39, 0.29) is 29.8 Å². The lowest BCUT2D eigenvalue weighted by Crippen LogP contribution is -2.39. The number of aliphatic imine (C=N–C) groups is 1. The molecule has 1 fully saturated rings. The zero-order valence-corrected chi connectivity index (χ0v) is 12.5. The van der Waals surface area contributed by atoms with E-state index in [1.165, 1.54) is 12.8 Å². The highest BCUT2D eigenvalue weighted by Gasteiger charge is 2.21. The number of hydrogen-bond acceptors (Lipinski definition) is 4. The molecule has 0 unspecified atom stereocenters. The van der Waals surface area contributed by atoms with E-state index in [4.69, 9.17) is 5.26 Å². The average molecular weight is 361 g/mol. The normalized spacial score (nSPS) is 14.6. The van der Waals surface area contributed by atoms with Crippen molar-refractivity contribution in [1.29, 1.82) is 5.26 Å². The Morgan fingerprint density at radius 3 is 3.00 bits per heavy atom. The van der Waals surface area contributed by atoms with E-state index < -0.39 is 0 Å². The van der Waals surface area contributed by atoms with Crippen molar-refractivity contribution in [2.75, 3.05) is 13.6 Å². The number of aromatic nitrogens is 3. The van der Waals surface area contributed by atoms with Crippen molar-refractivity contribution in [2.45, 2.75) is 25.4 Å². The number of nitrogens with zero attached hydrogens (tertiary/aromatic N) is 5. The molecular weight excluding hydrogens is 345 g/mol. The molecule has 1 aliphatic rings. The molecular formula is C10H16IN7. The zero-order chi connectivity index (χ0) is 12.1. The third kappa shape index (κ3) is 4.48. The van der Waals surface area contributed by atoms with Crippen LogP contribution in [0.4, 0.5) is 0 Å². The molecule has 0 saturated heterocycles. The predicted molar refractivity (Wildman–Crippen MR) is 77.7 cm³/mol. The molecule has 0 aliphatic heterocycles. The molecule has 7 nitrogen and oxygen atoms in total. The standard InChI is InChI=1S/C10H15N7.HI/c1-12-10(15-8-2-3-8)13-4-5-17-7-14-9(6-11)16-17;/h7-8H,2-5H2,1H3,(H2,12,13,15);1H. The van der Waals surface area contributed by atoms with E-state index in [1.54, 1.807) is 18.1 Å². The van der Waals surface area contributed by atoms with Crippen molar-refractivity contribution in [2.24, 2.45) is 4.99 Å². The minimum absolute atomic E-state index is 0. The van der Waals surface area contributed by atoms with Gasteiger partial charge in [-0.1, -0.05) is 0 Å². The second-order valence-electron chi connectivity index (χ2n) is 3.86. The second kappa shape index (κ2) is 7.15. The first kappa shape index (κ1) is 14.7. The Kier molecular flexibility index (Phi) is 5.84. The largest absolute Gasteiger partial charge is 0.355 e. The van der Waals surface area contributed by atoms with Gasteiger partial charge in [0, 0.05) is 19.6 Å². The zero-order valence-electron chi connectivity index (χ0n) is 10.1. The molecule has 1 saturated carbocycles. The molecule has 8 heteroatoms. The van der Waals surface area contributed by atoms with E-state index in [2.05, 4.69) is 25.7 Å². The Labute approximate surface area is 123 Å². The minimum Gasteiger partial charge on any atom is -0.355 e. The quantitative estimate of drug-likeness (QED) is 0.451. The Bertz CT molecular complexity index is 443. The summed E-state index contributed by atoms with van der Waals surface area (Å²) in [5, 5.41) is 19.0. The van der Waals surface area contributed by atoms with Gasteiger partial charge in [0.15, 0.2) is 5.96 Å². The van der Waals surface area contributed by atoms with Crippen molar-refractivity contribution in [3.8, 4) is 6.07 Å². The molecule has 0 bridgehead atoms. The van der Waals surface area contributed by atoms with Gasteiger partial charge in [-0.05, 0) is 12.8 Å². The average Bonchev–Trinajstić information content (AvgIpc) is 3.04. The third-order valence-corrected chi connectivity index (χ3v) is 2.41. The van der Waals surface area contributed by atoms with E-state index >= 15 is 0 Å². The van der Waals surface area contributed by atoms with Crippen LogP contribution in [0.25, 0.3) is 0 Å². The smallest absolute Gasteiger partial charge is 0.252 e. The lowest BCUT2D eigenvalue weighted by atomic mass is 10.6. The molecule has 0 amide bonds. The van der Waals surface area contributed by atoms with Gasteiger partial charge in [0.25, 0.3) is 5.82 Å². The molecule has 1 heterocycles. The van der Waals surface area contributed by atoms with Gasteiger partial charge in [-0.3, -0.25) is 4.99 Å². The number of halogens is 1. The topological polar surface area (TPSA) is 90.9 Å². The van der Waals surface area contributed by atoms with Gasteiger partial charge >= 0.3 is 0 Å². The highest BCUT2D eigenvalue weighted by atomic mass is 127. The summed E-state index contributed by atoms with van der Waals surface area (Å²) in [6.07, 6.45) is 3.99. The van der Waals surface area contributed by atoms with Gasteiger partial charge in [-0.2, -0.15) is 5.26 Å². The summed E-state index contributed by atoms with van der Waals surface area (Å²) in [5.74, 6) is 1.01. The van der Waals surface area contributed by atoms with Crippen molar-refractivity contribution < 1.29 is 0 Å². The SMILES string of the molecule is CN=C(NCCn1cnc(C#N)n1)NC1CC1.I. The van der Waals surface area contributed by atoms with Crippen LogP contribution in [-0.2, 0) is 6.54 Å². The molecule has 1 aromatic rings. The van der Waals surface area contributed by atoms with Crippen LogP contribution in [0, 0.1) is 11.3 Å². The molecule has 98 valence electrons. The fourth-order valence-corrected chi connectivity index (χ4v) is 1.36. The molecule has 1 aliphatic carbocycles. The number of rotatable bonds is 4. The summed E-state index contributed by atoms with van der Waals surface area (Å²) in [5.41, 5.74) is 0. The Morgan fingerprint density at radius 2 is 2.44 bits per heavy atom.